The average molecular weight is 444 g/mol. The van der Waals surface area contributed by atoms with E-state index < -0.39 is 0 Å². The van der Waals surface area contributed by atoms with Gasteiger partial charge in [-0.15, -0.1) is 0 Å². The van der Waals surface area contributed by atoms with Crippen molar-refractivity contribution in [3.8, 4) is 11.5 Å². The number of hydrogen-bond donors (Lipinski definition) is 1. The fraction of sp³-hybridized carbons (Fsp3) is 0.480. The highest BCUT2D eigenvalue weighted by molar-refractivity contribution is 7.99. The van der Waals surface area contributed by atoms with Crippen molar-refractivity contribution >= 4 is 17.7 Å². The first-order chi connectivity index (χ1) is 15.1. The Morgan fingerprint density at radius 2 is 2.00 bits per heavy atom. The molecule has 31 heavy (non-hydrogen) atoms. The molecule has 1 N–H and O–H groups in total. The van der Waals surface area contributed by atoms with Crippen molar-refractivity contribution in [1.82, 2.24) is 5.32 Å². The summed E-state index contributed by atoms with van der Waals surface area (Å²) in [5.41, 5.74) is 2.02. The lowest BCUT2D eigenvalue weighted by molar-refractivity contribution is -0.120. The minimum atomic E-state index is -0.268. The average Bonchev–Trinajstić information content (AvgIpc) is 3.21. The molecule has 2 aliphatic rings. The molecule has 0 aromatic heterocycles. The van der Waals surface area contributed by atoms with Crippen LogP contribution in [0.2, 0.25) is 0 Å². The predicted octanol–water partition coefficient (Wildman–Crippen LogP) is 5.80. The van der Waals surface area contributed by atoms with Crippen LogP contribution >= 0.6 is 11.8 Å². The van der Waals surface area contributed by atoms with E-state index in [2.05, 4.69) is 11.4 Å². The molecular weight excluding hydrogens is 413 g/mol. The Bertz CT molecular complexity index is 896. The van der Waals surface area contributed by atoms with Crippen LogP contribution in [0.25, 0.3) is 0 Å². The smallest absolute Gasteiger partial charge is 0.221 e. The maximum Gasteiger partial charge on any atom is 0.221 e. The summed E-state index contributed by atoms with van der Waals surface area (Å²) in [6.45, 7) is 3.04. The number of nitrogens with one attached hydrogen (secondary N) is 1. The van der Waals surface area contributed by atoms with Gasteiger partial charge in [0.25, 0.3) is 0 Å². The summed E-state index contributed by atoms with van der Waals surface area (Å²) in [6.07, 6.45) is 6.09. The molecule has 1 spiro atoms. The number of halogens is 1. The zero-order chi connectivity index (χ0) is 21.7. The summed E-state index contributed by atoms with van der Waals surface area (Å²) in [7, 11) is 0. The molecule has 1 saturated carbocycles. The molecule has 0 saturated heterocycles. The van der Waals surface area contributed by atoms with Crippen LogP contribution in [0.5, 0.6) is 11.5 Å². The molecule has 0 radical (unpaired) electrons. The summed E-state index contributed by atoms with van der Waals surface area (Å²) in [5, 5.41) is 3.23. The van der Waals surface area contributed by atoms with Crippen molar-refractivity contribution in [2.24, 2.45) is 0 Å². The number of fused-ring (bicyclic) bond motifs is 1. The van der Waals surface area contributed by atoms with Gasteiger partial charge in [-0.05, 0) is 68.5 Å². The van der Waals surface area contributed by atoms with Crippen molar-refractivity contribution in [1.29, 1.82) is 0 Å². The number of carbonyl (C=O) groups is 1. The van der Waals surface area contributed by atoms with Gasteiger partial charge < -0.3 is 14.8 Å². The first-order valence-electron chi connectivity index (χ1n) is 11.2. The number of amides is 1. The first-order valence-corrected chi connectivity index (χ1v) is 12.2. The van der Waals surface area contributed by atoms with E-state index in [0.717, 1.165) is 42.1 Å². The lowest BCUT2D eigenvalue weighted by Crippen LogP contribution is -2.37. The molecule has 1 amide bonds. The lowest BCUT2D eigenvalue weighted by atomic mass is 9.89. The van der Waals surface area contributed by atoms with Gasteiger partial charge in [0, 0.05) is 36.0 Å². The van der Waals surface area contributed by atoms with E-state index >= 15 is 0 Å². The molecule has 0 unspecified atom stereocenters. The van der Waals surface area contributed by atoms with Crippen LogP contribution in [-0.4, -0.2) is 23.9 Å². The van der Waals surface area contributed by atoms with Crippen LogP contribution in [0.1, 0.15) is 61.8 Å². The van der Waals surface area contributed by atoms with Crippen molar-refractivity contribution < 1.29 is 18.7 Å². The normalized spacial score (nSPS) is 19.0. The Morgan fingerprint density at radius 3 is 2.74 bits per heavy atom. The molecule has 4 nitrogen and oxygen atoms in total. The Kier molecular flexibility index (Phi) is 7.06. The highest BCUT2D eigenvalue weighted by Crippen LogP contribution is 2.52. The van der Waals surface area contributed by atoms with E-state index in [1.807, 2.05) is 30.8 Å². The van der Waals surface area contributed by atoms with Crippen LogP contribution in [-0.2, 0) is 11.3 Å². The molecule has 1 aliphatic heterocycles. The van der Waals surface area contributed by atoms with Gasteiger partial charge in [0.15, 0.2) is 0 Å². The third-order valence-electron chi connectivity index (χ3n) is 6.09. The van der Waals surface area contributed by atoms with Gasteiger partial charge in [-0.25, -0.2) is 4.39 Å². The van der Waals surface area contributed by atoms with Gasteiger partial charge in [-0.2, -0.15) is 11.8 Å². The predicted molar refractivity (Wildman–Crippen MR) is 122 cm³/mol. The highest BCUT2D eigenvalue weighted by Gasteiger charge is 2.43. The van der Waals surface area contributed by atoms with Crippen LogP contribution in [0.4, 0.5) is 4.39 Å². The van der Waals surface area contributed by atoms with Crippen molar-refractivity contribution in [3.63, 3.8) is 0 Å². The molecule has 6 heteroatoms. The van der Waals surface area contributed by atoms with Gasteiger partial charge in [0.1, 0.15) is 22.9 Å². The largest absolute Gasteiger partial charge is 0.494 e. The second kappa shape index (κ2) is 9.94. The molecule has 4 rings (SSSR count). The number of rotatable bonds is 8. The van der Waals surface area contributed by atoms with Crippen LogP contribution in [0.3, 0.4) is 0 Å². The van der Waals surface area contributed by atoms with Gasteiger partial charge in [0.2, 0.25) is 5.91 Å². The highest BCUT2D eigenvalue weighted by atomic mass is 32.2. The molecule has 1 heterocycles. The molecule has 1 atom stereocenters. The molecule has 166 valence electrons. The van der Waals surface area contributed by atoms with Crippen molar-refractivity contribution in [3.05, 3.63) is 59.4 Å². The minimum Gasteiger partial charge on any atom is -0.494 e. The Labute approximate surface area is 187 Å². The SMILES string of the molecule is CCOc1ccc2c(c1)[C@H](SCCC(=O)NCc1ccc(F)cc1)CC1(CCCC1)O2. The van der Waals surface area contributed by atoms with Gasteiger partial charge in [-0.1, -0.05) is 12.1 Å². The second-order valence-electron chi connectivity index (χ2n) is 8.34. The summed E-state index contributed by atoms with van der Waals surface area (Å²) < 4.78 is 25.2. The number of benzene rings is 2. The molecule has 2 aromatic carbocycles. The fourth-order valence-corrected chi connectivity index (χ4v) is 5.88. The molecule has 1 aliphatic carbocycles. The van der Waals surface area contributed by atoms with Gasteiger partial charge >= 0.3 is 0 Å². The third kappa shape index (κ3) is 5.53. The third-order valence-corrected chi connectivity index (χ3v) is 7.35. The zero-order valence-electron chi connectivity index (χ0n) is 18.0. The standard InChI is InChI=1S/C25H30FNO3S/c1-2-29-20-9-10-22-21(15-20)23(16-25(30-22)12-3-4-13-25)31-14-11-24(28)27-17-18-5-7-19(26)8-6-18/h5-10,15,23H,2-4,11-14,16-17H2,1H3,(H,27,28)/t23-/m1/s1. The van der Waals surface area contributed by atoms with Crippen LogP contribution in [0.15, 0.2) is 42.5 Å². The molecule has 2 aromatic rings. The molecule has 0 bridgehead atoms. The molecular formula is C25H30FNO3S. The van der Waals surface area contributed by atoms with E-state index in [-0.39, 0.29) is 17.3 Å². The number of ether oxygens (including phenoxy) is 2. The quantitative estimate of drug-likeness (QED) is 0.560. The summed E-state index contributed by atoms with van der Waals surface area (Å²) in [6, 6.07) is 12.3. The van der Waals surface area contributed by atoms with Crippen molar-refractivity contribution in [2.75, 3.05) is 12.4 Å². The minimum absolute atomic E-state index is 0.0164. The van der Waals surface area contributed by atoms with E-state index in [1.54, 1.807) is 12.1 Å². The Morgan fingerprint density at radius 1 is 1.23 bits per heavy atom. The van der Waals surface area contributed by atoms with Gasteiger partial charge in [0.05, 0.1) is 6.61 Å². The monoisotopic (exact) mass is 443 g/mol. The van der Waals surface area contributed by atoms with Crippen LogP contribution in [0, 0.1) is 5.82 Å². The van der Waals surface area contributed by atoms with Gasteiger partial charge in [-0.3, -0.25) is 4.79 Å². The molecule has 1 fully saturated rings. The maximum atomic E-state index is 13.0. The summed E-state index contributed by atoms with van der Waals surface area (Å²) in [5.74, 6) is 2.33. The van der Waals surface area contributed by atoms with E-state index in [0.29, 0.717) is 24.8 Å². The number of thioether (sulfide) groups is 1. The van der Waals surface area contributed by atoms with Crippen LogP contribution < -0.4 is 14.8 Å². The van der Waals surface area contributed by atoms with Crippen molar-refractivity contribution in [2.45, 2.75) is 62.8 Å². The fourth-order valence-electron chi connectivity index (χ4n) is 4.51. The number of hydrogen-bond acceptors (Lipinski definition) is 4. The summed E-state index contributed by atoms with van der Waals surface area (Å²) in [4.78, 5) is 12.3. The number of carbonyl (C=O) groups excluding carboxylic acids is 1. The Hall–Kier alpha value is -2.21. The summed E-state index contributed by atoms with van der Waals surface area (Å²) >= 11 is 1.83. The van der Waals surface area contributed by atoms with E-state index in [1.165, 1.54) is 30.5 Å². The topological polar surface area (TPSA) is 47.6 Å². The van der Waals surface area contributed by atoms with E-state index in [4.69, 9.17) is 9.47 Å². The second-order valence-corrected chi connectivity index (χ2v) is 9.65. The maximum absolute atomic E-state index is 13.0. The lowest BCUT2D eigenvalue weighted by Gasteiger charge is -2.40. The Balaban J connectivity index is 1.35. The first kappa shape index (κ1) is 22.0. The zero-order valence-corrected chi connectivity index (χ0v) is 18.8. The van der Waals surface area contributed by atoms with E-state index in [9.17, 15) is 9.18 Å².